The molecule has 0 bridgehead atoms. The third kappa shape index (κ3) is 4.48. The van der Waals surface area contributed by atoms with E-state index in [4.69, 9.17) is 4.74 Å². The minimum atomic E-state index is 0.684. The summed E-state index contributed by atoms with van der Waals surface area (Å²) in [4.78, 5) is 4.52. The number of hydrogen-bond donors (Lipinski definition) is 1. The van der Waals surface area contributed by atoms with Gasteiger partial charge >= 0.3 is 0 Å². The van der Waals surface area contributed by atoms with Gasteiger partial charge in [-0.3, -0.25) is 4.98 Å². The van der Waals surface area contributed by atoms with Gasteiger partial charge in [-0.1, -0.05) is 26.7 Å². The quantitative estimate of drug-likeness (QED) is 0.808. The molecule has 1 aliphatic rings. The summed E-state index contributed by atoms with van der Waals surface area (Å²) in [6.45, 7) is 8.15. The molecule has 112 valence electrons. The van der Waals surface area contributed by atoms with Crippen LogP contribution in [0.25, 0.3) is 0 Å². The van der Waals surface area contributed by atoms with E-state index in [0.717, 1.165) is 42.6 Å². The van der Waals surface area contributed by atoms with Crippen LogP contribution in [0, 0.1) is 12.8 Å². The lowest BCUT2D eigenvalue weighted by atomic mass is 9.87. The van der Waals surface area contributed by atoms with Crippen molar-refractivity contribution in [2.24, 2.45) is 5.92 Å². The topological polar surface area (TPSA) is 34.1 Å². The van der Waals surface area contributed by atoms with E-state index in [-0.39, 0.29) is 0 Å². The average molecular weight is 276 g/mol. The predicted molar refractivity (Wildman–Crippen MR) is 83.3 cm³/mol. The van der Waals surface area contributed by atoms with Crippen LogP contribution < -0.4 is 10.1 Å². The Morgan fingerprint density at radius 1 is 1.35 bits per heavy atom. The molecule has 0 aromatic carbocycles. The van der Waals surface area contributed by atoms with Gasteiger partial charge in [0.1, 0.15) is 12.4 Å². The normalized spacial score (nSPS) is 22.8. The molecule has 0 spiro atoms. The zero-order valence-electron chi connectivity index (χ0n) is 13.1. The van der Waals surface area contributed by atoms with Crippen LogP contribution >= 0.6 is 0 Å². The van der Waals surface area contributed by atoms with Crippen molar-refractivity contribution < 1.29 is 4.74 Å². The maximum atomic E-state index is 5.88. The molecular formula is C17H28N2O. The minimum Gasteiger partial charge on any atom is -0.490 e. The monoisotopic (exact) mass is 276 g/mol. The van der Waals surface area contributed by atoms with Crippen LogP contribution in [-0.4, -0.2) is 24.2 Å². The van der Waals surface area contributed by atoms with Crippen LogP contribution in [0.2, 0.25) is 0 Å². The first-order valence-corrected chi connectivity index (χ1v) is 8.01. The fourth-order valence-corrected chi connectivity index (χ4v) is 3.03. The second-order valence-electron chi connectivity index (χ2n) is 6.02. The van der Waals surface area contributed by atoms with Crippen LogP contribution in [0.1, 0.15) is 50.9 Å². The van der Waals surface area contributed by atoms with Gasteiger partial charge in [0.15, 0.2) is 0 Å². The van der Waals surface area contributed by atoms with Gasteiger partial charge in [-0.15, -0.1) is 0 Å². The fourth-order valence-electron chi connectivity index (χ4n) is 3.03. The van der Waals surface area contributed by atoms with Crippen molar-refractivity contribution in [3.8, 4) is 5.75 Å². The van der Waals surface area contributed by atoms with Gasteiger partial charge in [0.25, 0.3) is 0 Å². The minimum absolute atomic E-state index is 0.684. The highest BCUT2D eigenvalue weighted by Crippen LogP contribution is 2.23. The third-order valence-electron chi connectivity index (χ3n) is 4.14. The molecule has 1 heterocycles. The van der Waals surface area contributed by atoms with Crippen molar-refractivity contribution in [1.29, 1.82) is 0 Å². The second kappa shape index (κ2) is 7.63. The van der Waals surface area contributed by atoms with E-state index in [9.17, 15) is 0 Å². The summed E-state index contributed by atoms with van der Waals surface area (Å²) in [7, 11) is 0. The van der Waals surface area contributed by atoms with E-state index in [0.29, 0.717) is 6.04 Å². The van der Waals surface area contributed by atoms with Gasteiger partial charge in [-0.25, -0.2) is 0 Å². The molecule has 1 fully saturated rings. The molecule has 0 saturated heterocycles. The number of hydrogen-bond acceptors (Lipinski definition) is 3. The number of ether oxygens (including phenoxy) is 1. The molecule has 1 aliphatic carbocycles. The smallest absolute Gasteiger partial charge is 0.140 e. The summed E-state index contributed by atoms with van der Waals surface area (Å²) in [5.41, 5.74) is 2.12. The van der Waals surface area contributed by atoms with Crippen molar-refractivity contribution in [3.63, 3.8) is 0 Å². The summed E-state index contributed by atoms with van der Waals surface area (Å²) in [6, 6.07) is 4.75. The summed E-state index contributed by atoms with van der Waals surface area (Å²) in [6.07, 6.45) is 6.30. The van der Waals surface area contributed by atoms with Crippen LogP contribution in [0.3, 0.4) is 0 Å². The Morgan fingerprint density at radius 2 is 2.20 bits per heavy atom. The lowest BCUT2D eigenvalue weighted by molar-refractivity contribution is 0.264. The van der Waals surface area contributed by atoms with Gasteiger partial charge in [-0.05, 0) is 44.2 Å². The van der Waals surface area contributed by atoms with Crippen molar-refractivity contribution in [1.82, 2.24) is 10.3 Å². The molecular weight excluding hydrogens is 248 g/mol. The number of pyridine rings is 1. The zero-order valence-corrected chi connectivity index (χ0v) is 13.1. The predicted octanol–water partition coefficient (Wildman–Crippen LogP) is 3.50. The molecule has 2 unspecified atom stereocenters. The third-order valence-corrected chi connectivity index (χ3v) is 4.14. The summed E-state index contributed by atoms with van der Waals surface area (Å²) < 4.78 is 5.88. The molecule has 3 nitrogen and oxygen atoms in total. The summed E-state index contributed by atoms with van der Waals surface area (Å²) in [5, 5.41) is 3.63. The van der Waals surface area contributed by atoms with Gasteiger partial charge < -0.3 is 10.1 Å². The highest BCUT2D eigenvalue weighted by molar-refractivity contribution is 5.29. The van der Waals surface area contributed by atoms with Gasteiger partial charge in [0, 0.05) is 18.3 Å². The summed E-state index contributed by atoms with van der Waals surface area (Å²) >= 11 is 0. The Bertz CT molecular complexity index is 419. The maximum Gasteiger partial charge on any atom is 0.140 e. The average Bonchev–Trinajstić information content (AvgIpc) is 2.45. The molecule has 0 radical (unpaired) electrons. The van der Waals surface area contributed by atoms with E-state index in [2.05, 4.69) is 24.1 Å². The van der Waals surface area contributed by atoms with E-state index in [1.54, 1.807) is 0 Å². The van der Waals surface area contributed by atoms with Gasteiger partial charge in [0.2, 0.25) is 0 Å². The molecule has 2 atom stereocenters. The molecule has 0 amide bonds. The first-order valence-electron chi connectivity index (χ1n) is 8.01. The van der Waals surface area contributed by atoms with E-state index >= 15 is 0 Å². The maximum absolute atomic E-state index is 5.88. The standard InChI is InChI=1S/C17H28N2O/c1-4-16-17(9-8-14(3)19-16)20-11-10-18-15-7-5-6-13(2)12-15/h8-9,13,15,18H,4-7,10-12H2,1-3H3. The first-order chi connectivity index (χ1) is 9.69. The number of nitrogens with zero attached hydrogens (tertiary/aromatic N) is 1. The molecule has 2 rings (SSSR count). The number of rotatable bonds is 6. The van der Waals surface area contributed by atoms with Crippen molar-refractivity contribution >= 4 is 0 Å². The molecule has 0 aliphatic heterocycles. The van der Waals surface area contributed by atoms with Gasteiger partial charge in [-0.2, -0.15) is 0 Å². The highest BCUT2D eigenvalue weighted by Gasteiger charge is 2.17. The molecule has 20 heavy (non-hydrogen) atoms. The number of aryl methyl sites for hydroxylation is 2. The fraction of sp³-hybridized carbons (Fsp3) is 0.706. The zero-order chi connectivity index (χ0) is 14.4. The SMILES string of the molecule is CCc1nc(C)ccc1OCCNC1CCCC(C)C1. The van der Waals surface area contributed by atoms with Crippen molar-refractivity contribution in [2.45, 2.75) is 58.9 Å². The molecule has 1 N–H and O–H groups in total. The Labute approximate surface area is 123 Å². The van der Waals surface area contributed by atoms with Crippen LogP contribution in [0.5, 0.6) is 5.75 Å². The molecule has 1 aromatic heterocycles. The lowest BCUT2D eigenvalue weighted by Gasteiger charge is -2.27. The summed E-state index contributed by atoms with van der Waals surface area (Å²) in [5.74, 6) is 1.81. The highest BCUT2D eigenvalue weighted by atomic mass is 16.5. The lowest BCUT2D eigenvalue weighted by Crippen LogP contribution is -2.36. The largest absolute Gasteiger partial charge is 0.490 e. The second-order valence-corrected chi connectivity index (χ2v) is 6.02. The Kier molecular flexibility index (Phi) is 5.84. The van der Waals surface area contributed by atoms with E-state index in [1.807, 2.05) is 19.1 Å². The first kappa shape index (κ1) is 15.3. The number of aromatic nitrogens is 1. The molecule has 1 aromatic rings. The van der Waals surface area contributed by atoms with E-state index in [1.165, 1.54) is 25.7 Å². The Balaban J connectivity index is 1.73. The van der Waals surface area contributed by atoms with Crippen LogP contribution in [0.4, 0.5) is 0 Å². The Hall–Kier alpha value is -1.09. The van der Waals surface area contributed by atoms with E-state index < -0.39 is 0 Å². The van der Waals surface area contributed by atoms with Crippen LogP contribution in [0.15, 0.2) is 12.1 Å². The van der Waals surface area contributed by atoms with Crippen molar-refractivity contribution in [2.75, 3.05) is 13.2 Å². The van der Waals surface area contributed by atoms with Gasteiger partial charge in [0.05, 0.1) is 5.69 Å². The number of nitrogens with one attached hydrogen (secondary N) is 1. The van der Waals surface area contributed by atoms with Crippen LogP contribution in [-0.2, 0) is 6.42 Å². The Morgan fingerprint density at radius 3 is 2.95 bits per heavy atom. The molecule has 3 heteroatoms. The molecule has 1 saturated carbocycles. The van der Waals surface area contributed by atoms with Crippen molar-refractivity contribution in [3.05, 3.63) is 23.5 Å².